The number of ether oxygens (including phenoxy) is 4. The summed E-state index contributed by atoms with van der Waals surface area (Å²) in [5, 5.41) is 0. The van der Waals surface area contributed by atoms with Crippen LogP contribution in [0.2, 0.25) is 0 Å². The van der Waals surface area contributed by atoms with Crippen LogP contribution in [0, 0.1) is 0 Å². The standard InChI is InChI=1S/C27H24N2O5S/c1-31-19-9-11-20(12-10-19)33-14-5-15-34-23-13-8-18(16-24(23)32-2)17-25-26(30)29-22-7-4-3-6-21(22)28-27(29)35-25/h3-4,6-13,16-17H,5,14-15H2,1-2H3. The van der Waals surface area contributed by atoms with E-state index < -0.39 is 0 Å². The van der Waals surface area contributed by atoms with Crippen molar-refractivity contribution in [3.8, 4) is 23.0 Å². The number of imidazole rings is 1. The van der Waals surface area contributed by atoms with Crippen molar-refractivity contribution in [1.29, 1.82) is 0 Å². The maximum absolute atomic E-state index is 13.0. The Hall–Kier alpha value is -4.04. The zero-order valence-corrected chi connectivity index (χ0v) is 20.2. The predicted molar refractivity (Wildman–Crippen MR) is 137 cm³/mol. The fourth-order valence-corrected chi connectivity index (χ4v) is 4.75. The lowest BCUT2D eigenvalue weighted by molar-refractivity contribution is 0.240. The Labute approximate surface area is 205 Å². The molecule has 5 aromatic rings. The Balaban J connectivity index is 1.25. The van der Waals surface area contributed by atoms with Crippen LogP contribution in [0.1, 0.15) is 12.0 Å². The average molecular weight is 489 g/mol. The van der Waals surface area contributed by atoms with Crippen LogP contribution < -0.4 is 29.0 Å². The number of aromatic nitrogens is 2. The molecule has 7 nitrogen and oxygen atoms in total. The van der Waals surface area contributed by atoms with Gasteiger partial charge in [-0.05, 0) is 60.2 Å². The highest BCUT2D eigenvalue weighted by molar-refractivity contribution is 7.15. The van der Waals surface area contributed by atoms with Crippen molar-refractivity contribution in [3.63, 3.8) is 0 Å². The second-order valence-corrected chi connectivity index (χ2v) is 8.78. The minimum Gasteiger partial charge on any atom is -0.497 e. The molecule has 0 spiro atoms. The number of hydrogen-bond donors (Lipinski definition) is 0. The molecule has 0 radical (unpaired) electrons. The van der Waals surface area contributed by atoms with Gasteiger partial charge in [-0.15, -0.1) is 0 Å². The van der Waals surface area contributed by atoms with Crippen molar-refractivity contribution in [2.24, 2.45) is 0 Å². The number of nitrogens with zero attached hydrogens (tertiary/aromatic N) is 2. The van der Waals surface area contributed by atoms with Gasteiger partial charge in [-0.25, -0.2) is 9.38 Å². The van der Waals surface area contributed by atoms with Gasteiger partial charge in [0, 0.05) is 6.42 Å². The summed E-state index contributed by atoms with van der Waals surface area (Å²) in [5.41, 5.74) is 2.42. The van der Waals surface area contributed by atoms with Crippen LogP contribution in [-0.2, 0) is 0 Å². The molecule has 0 N–H and O–H groups in total. The molecular formula is C27H24N2O5S. The van der Waals surface area contributed by atoms with E-state index in [0.717, 1.165) is 28.1 Å². The first-order valence-electron chi connectivity index (χ1n) is 11.2. The van der Waals surface area contributed by atoms with Gasteiger partial charge in [-0.3, -0.25) is 4.79 Å². The monoisotopic (exact) mass is 488 g/mol. The smallest absolute Gasteiger partial charge is 0.274 e. The van der Waals surface area contributed by atoms with Crippen molar-refractivity contribution in [1.82, 2.24) is 9.38 Å². The highest BCUT2D eigenvalue weighted by Gasteiger charge is 2.11. The molecule has 0 bridgehead atoms. The Kier molecular flexibility index (Phi) is 6.54. The van der Waals surface area contributed by atoms with E-state index in [0.29, 0.717) is 40.6 Å². The number of benzene rings is 3. The molecule has 5 rings (SSSR count). The van der Waals surface area contributed by atoms with Crippen LogP contribution in [0.25, 0.3) is 22.1 Å². The fraction of sp³-hybridized carbons (Fsp3) is 0.185. The second kappa shape index (κ2) is 10.1. The molecule has 0 atom stereocenters. The van der Waals surface area contributed by atoms with Crippen LogP contribution in [0.15, 0.2) is 71.5 Å². The highest BCUT2D eigenvalue weighted by Crippen LogP contribution is 2.28. The third-order valence-electron chi connectivity index (χ3n) is 5.50. The lowest BCUT2D eigenvalue weighted by Crippen LogP contribution is -2.22. The number of para-hydroxylation sites is 2. The number of hydrogen-bond acceptors (Lipinski definition) is 7. The Bertz CT molecular complexity index is 1570. The zero-order chi connectivity index (χ0) is 24.2. The summed E-state index contributed by atoms with van der Waals surface area (Å²) in [7, 11) is 3.23. The van der Waals surface area contributed by atoms with Gasteiger partial charge in [0.2, 0.25) is 0 Å². The predicted octanol–water partition coefficient (Wildman–Crippen LogP) is 4.32. The molecule has 8 heteroatoms. The van der Waals surface area contributed by atoms with Crippen molar-refractivity contribution in [2.75, 3.05) is 27.4 Å². The van der Waals surface area contributed by atoms with Crippen molar-refractivity contribution in [3.05, 3.63) is 87.2 Å². The van der Waals surface area contributed by atoms with Crippen molar-refractivity contribution >= 4 is 33.4 Å². The molecule has 0 saturated carbocycles. The van der Waals surface area contributed by atoms with Crippen molar-refractivity contribution in [2.45, 2.75) is 6.42 Å². The van der Waals surface area contributed by atoms with Gasteiger partial charge in [0.1, 0.15) is 11.5 Å². The maximum Gasteiger partial charge on any atom is 0.274 e. The SMILES string of the molecule is COc1ccc(OCCCOc2ccc(C=c3sc4nc5ccccc5n4c3=O)cc2OC)cc1. The molecule has 3 aromatic carbocycles. The van der Waals surface area contributed by atoms with Gasteiger partial charge in [-0.2, -0.15) is 0 Å². The zero-order valence-electron chi connectivity index (χ0n) is 19.4. The Morgan fingerprint density at radius 2 is 1.66 bits per heavy atom. The summed E-state index contributed by atoms with van der Waals surface area (Å²) in [6.07, 6.45) is 2.57. The molecule has 178 valence electrons. The Morgan fingerprint density at radius 3 is 2.46 bits per heavy atom. The minimum atomic E-state index is -0.0742. The van der Waals surface area contributed by atoms with Gasteiger partial charge in [-0.1, -0.05) is 29.5 Å². The summed E-state index contributed by atoms with van der Waals surface area (Å²) in [6.45, 7) is 1.01. The summed E-state index contributed by atoms with van der Waals surface area (Å²) in [6, 6.07) is 20.7. The second-order valence-electron chi connectivity index (χ2n) is 7.77. The fourth-order valence-electron chi connectivity index (χ4n) is 3.76. The first kappa shape index (κ1) is 22.7. The number of fused-ring (bicyclic) bond motifs is 3. The van der Waals surface area contributed by atoms with Gasteiger partial charge < -0.3 is 18.9 Å². The molecule has 0 amide bonds. The summed E-state index contributed by atoms with van der Waals surface area (Å²) in [4.78, 5) is 18.2. The van der Waals surface area contributed by atoms with Crippen LogP contribution in [-0.4, -0.2) is 36.8 Å². The summed E-state index contributed by atoms with van der Waals surface area (Å²) >= 11 is 1.37. The van der Waals surface area contributed by atoms with E-state index in [9.17, 15) is 4.79 Å². The van der Waals surface area contributed by atoms with E-state index >= 15 is 0 Å². The Morgan fingerprint density at radius 1 is 0.886 bits per heavy atom. The summed E-state index contributed by atoms with van der Waals surface area (Å²) < 4.78 is 24.6. The van der Waals surface area contributed by atoms with E-state index in [1.807, 2.05) is 72.8 Å². The molecule has 35 heavy (non-hydrogen) atoms. The molecule has 0 aliphatic rings. The van der Waals surface area contributed by atoms with Gasteiger partial charge in [0.15, 0.2) is 16.5 Å². The molecule has 0 fully saturated rings. The number of rotatable bonds is 9. The molecule has 2 heterocycles. The average Bonchev–Trinajstić information content (AvgIpc) is 3.40. The van der Waals surface area contributed by atoms with Crippen LogP contribution in [0.5, 0.6) is 23.0 Å². The molecule has 0 saturated heterocycles. The van der Waals surface area contributed by atoms with E-state index in [2.05, 4.69) is 4.98 Å². The van der Waals surface area contributed by atoms with E-state index in [4.69, 9.17) is 18.9 Å². The van der Waals surface area contributed by atoms with Gasteiger partial charge in [0.25, 0.3) is 5.56 Å². The minimum absolute atomic E-state index is 0.0742. The summed E-state index contributed by atoms with van der Waals surface area (Å²) in [5.74, 6) is 2.83. The normalized spacial score (nSPS) is 11.8. The quantitative estimate of drug-likeness (QED) is 0.288. The highest BCUT2D eigenvalue weighted by atomic mass is 32.1. The molecule has 0 aliphatic carbocycles. The number of thiazole rings is 1. The van der Waals surface area contributed by atoms with E-state index in [1.54, 1.807) is 18.6 Å². The maximum atomic E-state index is 13.0. The third kappa shape index (κ3) is 4.79. The van der Waals surface area contributed by atoms with Crippen LogP contribution in [0.4, 0.5) is 0 Å². The molecular weight excluding hydrogens is 464 g/mol. The topological polar surface area (TPSA) is 71.3 Å². The molecule has 2 aromatic heterocycles. The van der Waals surface area contributed by atoms with Crippen LogP contribution >= 0.6 is 11.3 Å². The van der Waals surface area contributed by atoms with Crippen LogP contribution in [0.3, 0.4) is 0 Å². The molecule has 0 aliphatic heterocycles. The lowest BCUT2D eigenvalue weighted by Gasteiger charge is -2.12. The number of methoxy groups -OCH3 is 2. The third-order valence-corrected chi connectivity index (χ3v) is 6.47. The largest absolute Gasteiger partial charge is 0.497 e. The van der Waals surface area contributed by atoms with Crippen molar-refractivity contribution < 1.29 is 18.9 Å². The van der Waals surface area contributed by atoms with Gasteiger partial charge in [0.05, 0.1) is 43.0 Å². The van der Waals surface area contributed by atoms with Gasteiger partial charge >= 0.3 is 0 Å². The van der Waals surface area contributed by atoms with E-state index in [1.165, 1.54) is 11.3 Å². The van der Waals surface area contributed by atoms with E-state index in [-0.39, 0.29) is 5.56 Å². The first-order chi connectivity index (χ1) is 17.2. The molecule has 0 unspecified atom stereocenters. The first-order valence-corrected chi connectivity index (χ1v) is 12.0. The lowest BCUT2D eigenvalue weighted by atomic mass is 10.2.